The van der Waals surface area contributed by atoms with Crippen LogP contribution in [0.2, 0.25) is 0 Å². The summed E-state index contributed by atoms with van der Waals surface area (Å²) in [6.45, 7) is 6.35. The van der Waals surface area contributed by atoms with E-state index in [0.29, 0.717) is 0 Å². The van der Waals surface area contributed by atoms with Crippen LogP contribution in [0.4, 0.5) is 0 Å². The van der Waals surface area contributed by atoms with Gasteiger partial charge < -0.3 is 4.98 Å². The Kier molecular flexibility index (Phi) is 2.26. The molecule has 15 heavy (non-hydrogen) atoms. The van der Waals surface area contributed by atoms with Gasteiger partial charge in [-0.3, -0.25) is 9.97 Å². The second kappa shape index (κ2) is 3.46. The summed E-state index contributed by atoms with van der Waals surface area (Å²) < 4.78 is 0. The lowest BCUT2D eigenvalue weighted by molar-refractivity contribution is 0.565. The van der Waals surface area contributed by atoms with Gasteiger partial charge in [-0.15, -0.1) is 0 Å². The van der Waals surface area contributed by atoms with E-state index in [1.807, 2.05) is 6.20 Å². The van der Waals surface area contributed by atoms with Gasteiger partial charge in [-0.25, -0.2) is 4.98 Å². The Morgan fingerprint density at radius 1 is 1.00 bits per heavy atom. The van der Waals surface area contributed by atoms with Crippen LogP contribution in [0.25, 0.3) is 11.4 Å². The van der Waals surface area contributed by atoms with Crippen LogP contribution in [0, 0.1) is 0 Å². The van der Waals surface area contributed by atoms with Gasteiger partial charge in [0.05, 0.1) is 18.2 Å². The lowest BCUT2D eigenvalue weighted by Gasteiger charge is -2.16. The molecule has 0 fully saturated rings. The molecule has 0 saturated heterocycles. The smallest absolute Gasteiger partial charge is 0.108 e. The molecule has 0 aliphatic rings. The van der Waals surface area contributed by atoms with Crippen LogP contribution in [0.1, 0.15) is 26.5 Å². The van der Waals surface area contributed by atoms with Crippen molar-refractivity contribution in [1.29, 1.82) is 0 Å². The Morgan fingerprint density at radius 2 is 1.80 bits per heavy atom. The summed E-state index contributed by atoms with van der Waals surface area (Å²) >= 11 is 0. The molecule has 1 N–H and O–H groups in total. The average Bonchev–Trinajstić information content (AvgIpc) is 2.69. The molecule has 0 aliphatic carbocycles. The van der Waals surface area contributed by atoms with Crippen molar-refractivity contribution < 1.29 is 0 Å². The van der Waals surface area contributed by atoms with Crippen molar-refractivity contribution in [2.24, 2.45) is 0 Å². The van der Waals surface area contributed by atoms with E-state index >= 15 is 0 Å². The fourth-order valence-electron chi connectivity index (χ4n) is 1.25. The molecular formula is C11H14N4. The zero-order chi connectivity index (χ0) is 10.9. The minimum Gasteiger partial charge on any atom is -0.351 e. The molecule has 0 atom stereocenters. The van der Waals surface area contributed by atoms with E-state index in [1.165, 1.54) is 0 Å². The molecule has 4 heteroatoms. The molecule has 0 unspecified atom stereocenters. The highest BCUT2D eigenvalue weighted by Gasteiger charge is 2.15. The first-order chi connectivity index (χ1) is 7.07. The van der Waals surface area contributed by atoms with Gasteiger partial charge >= 0.3 is 0 Å². The molecule has 2 aromatic rings. The number of hydrogen-bond donors (Lipinski definition) is 1. The zero-order valence-corrected chi connectivity index (χ0v) is 9.15. The highest BCUT2D eigenvalue weighted by atomic mass is 14.9. The van der Waals surface area contributed by atoms with Crippen LogP contribution in [0.15, 0.2) is 24.9 Å². The molecular weight excluding hydrogens is 188 g/mol. The summed E-state index contributed by atoms with van der Waals surface area (Å²) in [5.41, 5.74) is 2.64. The minimum atomic E-state index is 0.0388. The van der Waals surface area contributed by atoms with E-state index in [0.717, 1.165) is 17.1 Å². The minimum absolute atomic E-state index is 0.0388. The summed E-state index contributed by atoms with van der Waals surface area (Å²) in [6, 6.07) is 0. The fraction of sp³-hybridized carbons (Fsp3) is 0.364. The van der Waals surface area contributed by atoms with Gasteiger partial charge in [0.1, 0.15) is 11.4 Å². The van der Waals surface area contributed by atoms with Crippen LogP contribution in [0.5, 0.6) is 0 Å². The van der Waals surface area contributed by atoms with Gasteiger partial charge in [0, 0.05) is 17.8 Å². The Hall–Kier alpha value is -1.71. The third-order valence-corrected chi connectivity index (χ3v) is 2.18. The van der Waals surface area contributed by atoms with E-state index in [1.54, 1.807) is 18.7 Å². The van der Waals surface area contributed by atoms with Gasteiger partial charge in [-0.05, 0) is 0 Å². The summed E-state index contributed by atoms with van der Waals surface area (Å²) in [7, 11) is 0. The molecule has 2 rings (SSSR count). The highest BCUT2D eigenvalue weighted by molar-refractivity contribution is 5.50. The van der Waals surface area contributed by atoms with E-state index in [2.05, 4.69) is 40.7 Å². The summed E-state index contributed by atoms with van der Waals surface area (Å²) in [6.07, 6.45) is 7.01. The van der Waals surface area contributed by atoms with Crippen LogP contribution in [0.3, 0.4) is 0 Å². The molecule has 78 valence electrons. The molecule has 2 aromatic heterocycles. The average molecular weight is 202 g/mol. The van der Waals surface area contributed by atoms with Crippen LogP contribution >= 0.6 is 0 Å². The number of rotatable bonds is 1. The number of aromatic amines is 1. The zero-order valence-electron chi connectivity index (χ0n) is 9.15. The monoisotopic (exact) mass is 202 g/mol. The predicted octanol–water partition coefficient (Wildman–Crippen LogP) is 2.16. The topological polar surface area (TPSA) is 54.5 Å². The lowest BCUT2D eigenvalue weighted by atomic mass is 9.93. The number of H-pyrrole nitrogens is 1. The lowest BCUT2D eigenvalue weighted by Crippen LogP contribution is -2.13. The quantitative estimate of drug-likeness (QED) is 0.771. The second-order valence-electron chi connectivity index (χ2n) is 4.49. The SMILES string of the molecule is CC(C)(C)c1cnc(-c2c[nH]cn2)cn1. The van der Waals surface area contributed by atoms with Crippen molar-refractivity contribution in [2.75, 3.05) is 0 Å². The van der Waals surface area contributed by atoms with Crippen LogP contribution in [-0.4, -0.2) is 19.9 Å². The van der Waals surface area contributed by atoms with Crippen molar-refractivity contribution >= 4 is 0 Å². The largest absolute Gasteiger partial charge is 0.351 e. The van der Waals surface area contributed by atoms with Gasteiger partial charge in [0.25, 0.3) is 0 Å². The molecule has 4 nitrogen and oxygen atoms in total. The van der Waals surface area contributed by atoms with E-state index in [9.17, 15) is 0 Å². The summed E-state index contributed by atoms with van der Waals surface area (Å²) in [5, 5.41) is 0. The highest BCUT2D eigenvalue weighted by Crippen LogP contribution is 2.20. The summed E-state index contributed by atoms with van der Waals surface area (Å²) in [5.74, 6) is 0. The number of aromatic nitrogens is 4. The maximum Gasteiger partial charge on any atom is 0.108 e. The van der Waals surface area contributed by atoms with Crippen molar-refractivity contribution in [3.05, 3.63) is 30.6 Å². The Morgan fingerprint density at radius 3 is 2.27 bits per heavy atom. The van der Waals surface area contributed by atoms with E-state index in [-0.39, 0.29) is 5.41 Å². The predicted molar refractivity (Wildman–Crippen MR) is 58.3 cm³/mol. The molecule has 0 spiro atoms. The number of imidazole rings is 1. The van der Waals surface area contributed by atoms with E-state index in [4.69, 9.17) is 0 Å². The standard InChI is InChI=1S/C11H14N4/c1-11(2,3)10-6-13-9(5-14-10)8-4-12-7-15-8/h4-7H,1-3H3,(H,12,15). The summed E-state index contributed by atoms with van der Waals surface area (Å²) in [4.78, 5) is 15.7. The molecule has 0 radical (unpaired) electrons. The second-order valence-corrected chi connectivity index (χ2v) is 4.49. The first-order valence-electron chi connectivity index (χ1n) is 4.89. The van der Waals surface area contributed by atoms with Crippen molar-refractivity contribution in [3.63, 3.8) is 0 Å². The Balaban J connectivity index is 2.33. The van der Waals surface area contributed by atoms with Crippen molar-refractivity contribution in [1.82, 2.24) is 19.9 Å². The maximum atomic E-state index is 4.39. The van der Waals surface area contributed by atoms with Crippen LogP contribution < -0.4 is 0 Å². The fourth-order valence-corrected chi connectivity index (χ4v) is 1.25. The first kappa shape index (κ1) is 9.83. The van der Waals surface area contributed by atoms with Gasteiger partial charge in [-0.1, -0.05) is 20.8 Å². The molecule has 0 saturated carbocycles. The van der Waals surface area contributed by atoms with E-state index < -0.39 is 0 Å². The third-order valence-electron chi connectivity index (χ3n) is 2.18. The van der Waals surface area contributed by atoms with Gasteiger partial charge in [-0.2, -0.15) is 0 Å². The Bertz CT molecular complexity index is 423. The van der Waals surface area contributed by atoms with Crippen LogP contribution in [-0.2, 0) is 5.41 Å². The Labute approximate surface area is 88.8 Å². The molecule has 0 amide bonds. The first-order valence-corrected chi connectivity index (χ1v) is 4.89. The van der Waals surface area contributed by atoms with Crippen molar-refractivity contribution in [2.45, 2.75) is 26.2 Å². The molecule has 0 aliphatic heterocycles. The number of hydrogen-bond acceptors (Lipinski definition) is 3. The number of nitrogens with one attached hydrogen (secondary N) is 1. The maximum absolute atomic E-state index is 4.39. The molecule has 0 aromatic carbocycles. The molecule has 0 bridgehead atoms. The number of nitrogens with zero attached hydrogens (tertiary/aromatic N) is 3. The normalized spacial score (nSPS) is 11.7. The van der Waals surface area contributed by atoms with Crippen molar-refractivity contribution in [3.8, 4) is 11.4 Å². The van der Waals surface area contributed by atoms with Gasteiger partial charge in [0.2, 0.25) is 0 Å². The molecule has 2 heterocycles. The van der Waals surface area contributed by atoms with Gasteiger partial charge in [0.15, 0.2) is 0 Å². The third kappa shape index (κ3) is 2.03.